The summed E-state index contributed by atoms with van der Waals surface area (Å²) in [6.07, 6.45) is 3.46. The first-order chi connectivity index (χ1) is 11.4. The molecule has 1 fully saturated rings. The van der Waals surface area contributed by atoms with Crippen LogP contribution < -0.4 is 5.56 Å². The number of aromatic nitrogens is 2. The van der Waals surface area contributed by atoms with Crippen molar-refractivity contribution >= 4 is 27.5 Å². The van der Waals surface area contributed by atoms with Crippen LogP contribution in [0.5, 0.6) is 0 Å². The van der Waals surface area contributed by atoms with E-state index < -0.39 is 6.10 Å². The average molecular weight is 346 g/mol. The maximum atomic E-state index is 12.6. The molecule has 0 bridgehead atoms. The Hall–Kier alpha value is -1.69. The quantitative estimate of drug-likeness (QED) is 0.865. The number of ether oxygens (including phenoxy) is 1. The molecule has 0 aromatic carbocycles. The van der Waals surface area contributed by atoms with Gasteiger partial charge in [-0.25, -0.2) is 4.98 Å². The summed E-state index contributed by atoms with van der Waals surface area (Å²) in [6.45, 7) is 6.06. The molecule has 2 aliphatic carbocycles. The first-order valence-corrected chi connectivity index (χ1v) is 9.50. The number of carbonyl (C=O) groups excluding carboxylic acids is 1. The maximum absolute atomic E-state index is 12.6. The third-order valence-electron chi connectivity index (χ3n) is 5.27. The van der Waals surface area contributed by atoms with Crippen molar-refractivity contribution in [3.8, 4) is 0 Å². The van der Waals surface area contributed by atoms with E-state index in [0.717, 1.165) is 35.9 Å². The third kappa shape index (κ3) is 2.66. The van der Waals surface area contributed by atoms with Gasteiger partial charge in [-0.1, -0.05) is 13.8 Å². The van der Waals surface area contributed by atoms with Crippen molar-refractivity contribution in [1.82, 2.24) is 9.97 Å². The van der Waals surface area contributed by atoms with Crippen molar-refractivity contribution in [3.63, 3.8) is 0 Å². The van der Waals surface area contributed by atoms with Crippen LogP contribution in [0.4, 0.5) is 0 Å². The Morgan fingerprint density at radius 1 is 1.42 bits per heavy atom. The highest BCUT2D eigenvalue weighted by molar-refractivity contribution is 7.18. The monoisotopic (exact) mass is 346 g/mol. The molecule has 2 aromatic rings. The predicted molar refractivity (Wildman–Crippen MR) is 93.2 cm³/mol. The number of aryl methyl sites for hydroxylation is 1. The topological polar surface area (TPSA) is 72.0 Å². The number of hydrogen-bond acceptors (Lipinski definition) is 5. The number of carbonyl (C=O) groups is 1. The van der Waals surface area contributed by atoms with Gasteiger partial charge in [-0.2, -0.15) is 0 Å². The molecule has 0 unspecified atom stereocenters. The van der Waals surface area contributed by atoms with E-state index in [1.54, 1.807) is 18.3 Å². The molecule has 1 N–H and O–H groups in total. The summed E-state index contributed by atoms with van der Waals surface area (Å²) in [4.78, 5) is 34.1. The number of aromatic amines is 1. The molecule has 2 heterocycles. The van der Waals surface area contributed by atoms with Crippen LogP contribution in [-0.4, -0.2) is 15.9 Å². The summed E-state index contributed by atoms with van der Waals surface area (Å²) in [5.41, 5.74) is 1.06. The van der Waals surface area contributed by atoms with Gasteiger partial charge in [0.1, 0.15) is 4.83 Å². The fourth-order valence-corrected chi connectivity index (χ4v) is 4.92. The van der Waals surface area contributed by atoms with Crippen LogP contribution in [0, 0.1) is 17.8 Å². The lowest BCUT2D eigenvalue weighted by molar-refractivity contribution is -0.150. The zero-order valence-corrected chi connectivity index (χ0v) is 15.0. The molecule has 0 saturated heterocycles. The summed E-state index contributed by atoms with van der Waals surface area (Å²) in [6, 6.07) is 0. The predicted octanol–water partition coefficient (Wildman–Crippen LogP) is 3.37. The highest BCUT2D eigenvalue weighted by atomic mass is 32.1. The number of nitrogens with zero attached hydrogens (tertiary/aromatic N) is 1. The van der Waals surface area contributed by atoms with Crippen molar-refractivity contribution < 1.29 is 9.53 Å². The van der Waals surface area contributed by atoms with Crippen molar-refractivity contribution in [2.75, 3.05) is 0 Å². The fourth-order valence-electron chi connectivity index (χ4n) is 3.53. The molecule has 24 heavy (non-hydrogen) atoms. The maximum Gasteiger partial charge on any atom is 0.309 e. The molecule has 4 rings (SSSR count). The van der Waals surface area contributed by atoms with Crippen LogP contribution >= 0.6 is 11.3 Å². The second-order valence-electron chi connectivity index (χ2n) is 7.38. The number of hydrogen-bond donors (Lipinski definition) is 1. The van der Waals surface area contributed by atoms with Crippen molar-refractivity contribution in [1.29, 1.82) is 0 Å². The Kier molecular flexibility index (Phi) is 3.75. The summed E-state index contributed by atoms with van der Waals surface area (Å²) in [7, 11) is 0. The minimum atomic E-state index is -0.527. The molecule has 2 aliphatic rings. The van der Waals surface area contributed by atoms with Gasteiger partial charge in [0.05, 0.1) is 11.3 Å². The summed E-state index contributed by atoms with van der Waals surface area (Å²) >= 11 is 1.62. The molecular weight excluding hydrogens is 324 g/mol. The fraction of sp³-hybridized carbons (Fsp3) is 0.611. The number of rotatable bonds is 3. The van der Waals surface area contributed by atoms with E-state index in [1.165, 1.54) is 10.4 Å². The van der Waals surface area contributed by atoms with Gasteiger partial charge in [-0.15, -0.1) is 11.3 Å². The van der Waals surface area contributed by atoms with Crippen LogP contribution in [0.3, 0.4) is 0 Å². The second kappa shape index (κ2) is 5.69. The molecule has 128 valence electrons. The van der Waals surface area contributed by atoms with Gasteiger partial charge in [0, 0.05) is 4.88 Å². The van der Waals surface area contributed by atoms with Crippen LogP contribution in [0.15, 0.2) is 4.79 Å². The van der Waals surface area contributed by atoms with Gasteiger partial charge in [0.25, 0.3) is 5.56 Å². The molecule has 2 aromatic heterocycles. The van der Waals surface area contributed by atoms with E-state index in [9.17, 15) is 9.59 Å². The average Bonchev–Trinajstić information content (AvgIpc) is 3.14. The molecule has 1 saturated carbocycles. The van der Waals surface area contributed by atoms with Crippen molar-refractivity contribution in [3.05, 3.63) is 26.6 Å². The Balaban J connectivity index is 1.65. The lowest BCUT2D eigenvalue weighted by Gasteiger charge is -2.17. The number of H-pyrrole nitrogens is 1. The summed E-state index contributed by atoms with van der Waals surface area (Å²) in [5, 5.41) is 0.736. The lowest BCUT2D eigenvalue weighted by atomic mass is 9.89. The minimum absolute atomic E-state index is 0.0124. The summed E-state index contributed by atoms with van der Waals surface area (Å²) in [5.74, 6) is 1.34. The number of fused-ring (bicyclic) bond motifs is 3. The molecule has 5 nitrogen and oxygen atoms in total. The zero-order chi connectivity index (χ0) is 17.0. The minimum Gasteiger partial charge on any atom is -0.454 e. The van der Waals surface area contributed by atoms with E-state index in [4.69, 9.17) is 4.74 Å². The highest BCUT2D eigenvalue weighted by Gasteiger charge is 2.41. The molecule has 4 atom stereocenters. The SMILES string of the molecule is C[C@H]1CCc2c(sc3nc([C@H](C)OC(=O)[C@@H]4C[C@@H]4C)[nH]c(=O)c23)C1. The van der Waals surface area contributed by atoms with Gasteiger partial charge < -0.3 is 9.72 Å². The molecule has 0 aliphatic heterocycles. The number of nitrogens with one attached hydrogen (secondary N) is 1. The lowest BCUT2D eigenvalue weighted by Crippen LogP contribution is -2.19. The summed E-state index contributed by atoms with van der Waals surface area (Å²) < 4.78 is 5.49. The Morgan fingerprint density at radius 3 is 2.88 bits per heavy atom. The smallest absolute Gasteiger partial charge is 0.309 e. The normalized spacial score (nSPS) is 26.9. The molecular formula is C18H22N2O3S. The standard InChI is InChI=1S/C18H22N2O3S/c1-8-4-5-11-13(6-8)24-17-14(11)16(21)19-15(20-17)10(3)23-18(22)12-7-9(12)2/h8-10,12H,4-7H2,1-3H3,(H,19,20,21)/t8-,9-,10-,12+/m0/s1. The van der Waals surface area contributed by atoms with E-state index in [-0.39, 0.29) is 17.4 Å². The highest BCUT2D eigenvalue weighted by Crippen LogP contribution is 2.40. The van der Waals surface area contributed by atoms with E-state index in [0.29, 0.717) is 17.7 Å². The molecule has 0 radical (unpaired) electrons. The third-order valence-corrected chi connectivity index (χ3v) is 6.42. The van der Waals surface area contributed by atoms with Crippen LogP contribution in [0.1, 0.15) is 56.0 Å². The Bertz CT molecular complexity index is 869. The zero-order valence-electron chi connectivity index (χ0n) is 14.2. The van der Waals surface area contributed by atoms with E-state index in [1.807, 2.05) is 6.92 Å². The van der Waals surface area contributed by atoms with Crippen LogP contribution in [0.2, 0.25) is 0 Å². The molecule has 6 heteroatoms. The Labute approximate surface area is 144 Å². The van der Waals surface area contributed by atoms with Gasteiger partial charge in [-0.3, -0.25) is 9.59 Å². The molecule has 0 amide bonds. The Morgan fingerprint density at radius 2 is 2.17 bits per heavy atom. The van der Waals surface area contributed by atoms with E-state index >= 15 is 0 Å². The van der Waals surface area contributed by atoms with Crippen molar-refractivity contribution in [2.45, 2.75) is 52.6 Å². The second-order valence-corrected chi connectivity index (χ2v) is 8.47. The van der Waals surface area contributed by atoms with Crippen LogP contribution in [-0.2, 0) is 22.4 Å². The molecule has 0 spiro atoms. The van der Waals surface area contributed by atoms with Gasteiger partial charge >= 0.3 is 5.97 Å². The van der Waals surface area contributed by atoms with Crippen molar-refractivity contribution in [2.24, 2.45) is 17.8 Å². The van der Waals surface area contributed by atoms with Gasteiger partial charge in [0.2, 0.25) is 0 Å². The largest absolute Gasteiger partial charge is 0.454 e. The van der Waals surface area contributed by atoms with Gasteiger partial charge in [0.15, 0.2) is 11.9 Å². The van der Waals surface area contributed by atoms with E-state index in [2.05, 4.69) is 16.9 Å². The van der Waals surface area contributed by atoms with Crippen LogP contribution in [0.25, 0.3) is 10.2 Å². The number of thiophene rings is 1. The number of esters is 1. The first-order valence-electron chi connectivity index (χ1n) is 8.69. The first kappa shape index (κ1) is 15.8. The van der Waals surface area contributed by atoms with Gasteiger partial charge in [-0.05, 0) is 50.0 Å².